The van der Waals surface area contributed by atoms with E-state index in [1.54, 1.807) is 6.08 Å². The van der Waals surface area contributed by atoms with Crippen LogP contribution in [0.4, 0.5) is 0 Å². The molecule has 0 unspecified atom stereocenters. The van der Waals surface area contributed by atoms with Gasteiger partial charge in [0, 0.05) is 6.08 Å². The Morgan fingerprint density at radius 1 is 1.00 bits per heavy atom. The number of hydrogen-bond acceptors (Lipinski definition) is 2. The Balaban J connectivity index is 2.97. The zero-order chi connectivity index (χ0) is 18.3. The molecule has 0 atom stereocenters. The molecule has 0 radical (unpaired) electrons. The third-order valence-electron chi connectivity index (χ3n) is 3.96. The lowest BCUT2D eigenvalue weighted by Crippen LogP contribution is -2.28. The van der Waals surface area contributed by atoms with Crippen molar-refractivity contribution in [2.45, 2.75) is 54.6 Å². The molecule has 1 aromatic carbocycles. The lowest BCUT2D eigenvalue weighted by Gasteiger charge is -2.25. The third kappa shape index (κ3) is 6.74. The molecule has 0 heterocycles. The molecule has 0 aromatic heterocycles. The van der Waals surface area contributed by atoms with E-state index in [4.69, 9.17) is 4.74 Å². The first kappa shape index (κ1) is 20.2. The highest BCUT2D eigenvalue weighted by atomic mass is 16.5. The Kier molecular flexibility index (Phi) is 7.47. The number of esters is 1. The molecule has 1 rings (SSSR count). The van der Waals surface area contributed by atoms with Gasteiger partial charge in [0.25, 0.3) is 0 Å². The van der Waals surface area contributed by atoms with E-state index in [0.717, 1.165) is 11.1 Å². The Bertz CT molecular complexity index is 564. The van der Waals surface area contributed by atoms with Gasteiger partial charge in [-0.05, 0) is 28.4 Å². The number of benzene rings is 1. The standard InChI is InChI=1S/C22H32O2/c1-16(2)21(17(3)4)24-20(23)15-19(22(5,6)7)14-13-18-11-9-8-10-12-18/h8-17,21H,1-7H3/b14-13+,19-15-. The molecule has 0 N–H and O–H groups in total. The van der Waals surface area contributed by atoms with Crippen molar-refractivity contribution < 1.29 is 9.53 Å². The van der Waals surface area contributed by atoms with E-state index in [1.807, 2.05) is 42.5 Å². The van der Waals surface area contributed by atoms with Crippen LogP contribution in [0.15, 0.2) is 48.1 Å². The average molecular weight is 328 g/mol. The van der Waals surface area contributed by atoms with Crippen molar-refractivity contribution in [3.8, 4) is 0 Å². The summed E-state index contributed by atoms with van der Waals surface area (Å²) in [5, 5.41) is 0. The van der Waals surface area contributed by atoms with Crippen molar-refractivity contribution in [2.24, 2.45) is 17.3 Å². The molecule has 0 fully saturated rings. The van der Waals surface area contributed by atoms with Gasteiger partial charge in [0.15, 0.2) is 0 Å². The zero-order valence-corrected chi connectivity index (χ0v) is 16.2. The summed E-state index contributed by atoms with van der Waals surface area (Å²) >= 11 is 0. The van der Waals surface area contributed by atoms with E-state index in [0.29, 0.717) is 11.8 Å². The van der Waals surface area contributed by atoms with Gasteiger partial charge in [-0.1, -0.05) is 91.0 Å². The minimum absolute atomic E-state index is 0.0620. The first-order valence-corrected chi connectivity index (χ1v) is 8.77. The lowest BCUT2D eigenvalue weighted by molar-refractivity contribution is -0.147. The van der Waals surface area contributed by atoms with Crippen LogP contribution in [-0.2, 0) is 9.53 Å². The summed E-state index contributed by atoms with van der Waals surface area (Å²) in [6.07, 6.45) is 5.62. The van der Waals surface area contributed by atoms with Gasteiger partial charge in [0.1, 0.15) is 6.10 Å². The number of rotatable bonds is 6. The van der Waals surface area contributed by atoms with Gasteiger partial charge >= 0.3 is 5.97 Å². The number of hydrogen-bond donors (Lipinski definition) is 0. The molecule has 24 heavy (non-hydrogen) atoms. The van der Waals surface area contributed by atoms with E-state index in [2.05, 4.69) is 48.5 Å². The van der Waals surface area contributed by atoms with E-state index in [-0.39, 0.29) is 17.5 Å². The largest absolute Gasteiger partial charge is 0.459 e. The molecule has 0 aliphatic heterocycles. The Labute approximate surface area is 147 Å². The van der Waals surface area contributed by atoms with Gasteiger partial charge < -0.3 is 4.74 Å². The monoisotopic (exact) mass is 328 g/mol. The van der Waals surface area contributed by atoms with Crippen molar-refractivity contribution in [3.63, 3.8) is 0 Å². The van der Waals surface area contributed by atoms with E-state index < -0.39 is 0 Å². The highest BCUT2D eigenvalue weighted by molar-refractivity contribution is 5.84. The quantitative estimate of drug-likeness (QED) is 0.369. The molecular weight excluding hydrogens is 296 g/mol. The minimum atomic E-state index is -0.259. The second-order valence-corrected chi connectivity index (χ2v) is 7.98. The van der Waals surface area contributed by atoms with E-state index in [9.17, 15) is 4.79 Å². The van der Waals surface area contributed by atoms with Crippen LogP contribution >= 0.6 is 0 Å². The molecule has 2 nitrogen and oxygen atoms in total. The van der Waals surface area contributed by atoms with Crippen LogP contribution in [0.5, 0.6) is 0 Å². The number of carbonyl (C=O) groups is 1. The molecule has 0 saturated carbocycles. The lowest BCUT2D eigenvalue weighted by atomic mass is 9.85. The molecule has 0 amide bonds. The molecule has 1 aromatic rings. The Morgan fingerprint density at radius 2 is 1.54 bits per heavy atom. The fourth-order valence-corrected chi connectivity index (χ4v) is 2.60. The summed E-state index contributed by atoms with van der Waals surface area (Å²) in [7, 11) is 0. The molecule has 0 bridgehead atoms. The zero-order valence-electron chi connectivity index (χ0n) is 16.2. The van der Waals surface area contributed by atoms with Gasteiger partial charge in [-0.25, -0.2) is 4.79 Å². The third-order valence-corrected chi connectivity index (χ3v) is 3.96. The highest BCUT2D eigenvalue weighted by Gasteiger charge is 2.22. The molecule has 132 valence electrons. The van der Waals surface area contributed by atoms with Crippen LogP contribution in [0.3, 0.4) is 0 Å². The molecule has 0 spiro atoms. The second-order valence-electron chi connectivity index (χ2n) is 7.98. The Hall–Kier alpha value is -1.83. The summed E-state index contributed by atoms with van der Waals surface area (Å²) in [6.45, 7) is 14.6. The average Bonchev–Trinajstić information content (AvgIpc) is 2.48. The van der Waals surface area contributed by atoms with Crippen molar-refractivity contribution in [3.05, 3.63) is 53.6 Å². The first-order chi connectivity index (χ1) is 11.1. The SMILES string of the molecule is CC(C)C(OC(=O)/C=C(/C=C/c1ccccc1)C(C)(C)C)C(C)C. The highest BCUT2D eigenvalue weighted by Crippen LogP contribution is 2.27. The van der Waals surface area contributed by atoms with Crippen LogP contribution in [0.25, 0.3) is 6.08 Å². The number of allylic oxidation sites excluding steroid dienone is 2. The summed E-state index contributed by atoms with van der Waals surface area (Å²) in [5.41, 5.74) is 1.95. The summed E-state index contributed by atoms with van der Waals surface area (Å²) in [6, 6.07) is 10.1. The second kappa shape index (κ2) is 8.86. The predicted octanol–water partition coefficient (Wildman–Crippen LogP) is 5.90. The van der Waals surface area contributed by atoms with Crippen LogP contribution in [-0.4, -0.2) is 12.1 Å². The summed E-state index contributed by atoms with van der Waals surface area (Å²) in [5.74, 6) is 0.352. The van der Waals surface area contributed by atoms with Crippen LogP contribution < -0.4 is 0 Å². The maximum absolute atomic E-state index is 12.4. The normalized spacial score (nSPS) is 13.3. The smallest absolute Gasteiger partial charge is 0.331 e. The van der Waals surface area contributed by atoms with Crippen LogP contribution in [0.2, 0.25) is 0 Å². The van der Waals surface area contributed by atoms with Gasteiger partial charge in [0.05, 0.1) is 0 Å². The topological polar surface area (TPSA) is 26.3 Å². The first-order valence-electron chi connectivity index (χ1n) is 8.77. The van der Waals surface area contributed by atoms with E-state index >= 15 is 0 Å². The van der Waals surface area contributed by atoms with Gasteiger partial charge in [0.2, 0.25) is 0 Å². The summed E-state index contributed by atoms with van der Waals surface area (Å²) < 4.78 is 5.70. The molecule has 0 saturated heterocycles. The van der Waals surface area contributed by atoms with Gasteiger partial charge in [-0.15, -0.1) is 0 Å². The summed E-state index contributed by atoms with van der Waals surface area (Å²) in [4.78, 5) is 12.4. The van der Waals surface area contributed by atoms with Crippen molar-refractivity contribution in [1.29, 1.82) is 0 Å². The predicted molar refractivity (Wildman–Crippen MR) is 103 cm³/mol. The van der Waals surface area contributed by atoms with Crippen LogP contribution in [0.1, 0.15) is 54.0 Å². The minimum Gasteiger partial charge on any atom is -0.459 e. The number of carbonyl (C=O) groups excluding carboxylic acids is 1. The van der Waals surface area contributed by atoms with Gasteiger partial charge in [-0.3, -0.25) is 0 Å². The van der Waals surface area contributed by atoms with Crippen LogP contribution in [0, 0.1) is 17.3 Å². The van der Waals surface area contributed by atoms with Crippen molar-refractivity contribution in [1.82, 2.24) is 0 Å². The van der Waals surface area contributed by atoms with E-state index in [1.165, 1.54) is 0 Å². The maximum Gasteiger partial charge on any atom is 0.331 e. The molecular formula is C22H32O2. The Morgan fingerprint density at radius 3 is 2.00 bits per heavy atom. The van der Waals surface area contributed by atoms with Gasteiger partial charge in [-0.2, -0.15) is 0 Å². The molecule has 0 aliphatic rings. The maximum atomic E-state index is 12.4. The van der Waals surface area contributed by atoms with Crippen molar-refractivity contribution >= 4 is 12.0 Å². The fourth-order valence-electron chi connectivity index (χ4n) is 2.60. The fraction of sp³-hybridized carbons (Fsp3) is 0.500. The number of ether oxygens (including phenoxy) is 1. The molecule has 0 aliphatic carbocycles. The van der Waals surface area contributed by atoms with Crippen molar-refractivity contribution in [2.75, 3.05) is 0 Å². The molecule has 2 heteroatoms.